The summed E-state index contributed by atoms with van der Waals surface area (Å²) in [7, 11) is 0. The molecular formula is C23H19ClF2N2O3. The number of ether oxygens (including phenoxy) is 3. The first-order valence-corrected chi connectivity index (χ1v) is 9.96. The number of nitrogens with one attached hydrogen (secondary N) is 1. The Morgan fingerprint density at radius 1 is 0.935 bits per heavy atom. The third kappa shape index (κ3) is 4.88. The number of H-pyrrole nitrogens is 1. The molecule has 0 atom stereocenters. The summed E-state index contributed by atoms with van der Waals surface area (Å²) in [6.45, 7) is -0.643. The van der Waals surface area contributed by atoms with Crippen LogP contribution in [0.25, 0.3) is 11.0 Å². The van der Waals surface area contributed by atoms with Crippen LogP contribution in [0.4, 0.5) is 8.78 Å². The van der Waals surface area contributed by atoms with Crippen LogP contribution in [0.3, 0.4) is 0 Å². The first-order valence-electron chi connectivity index (χ1n) is 9.58. The zero-order chi connectivity index (χ0) is 21.6. The molecule has 2 heterocycles. The maximum atomic E-state index is 14.1. The van der Waals surface area contributed by atoms with Gasteiger partial charge in [0.2, 0.25) is 5.75 Å². The van der Waals surface area contributed by atoms with Crippen molar-refractivity contribution in [2.75, 3.05) is 13.3 Å². The van der Waals surface area contributed by atoms with E-state index >= 15 is 0 Å². The average molecular weight is 445 g/mol. The van der Waals surface area contributed by atoms with E-state index in [0.29, 0.717) is 22.1 Å². The van der Waals surface area contributed by atoms with Gasteiger partial charge in [-0.05, 0) is 36.4 Å². The highest BCUT2D eigenvalue weighted by Gasteiger charge is 2.15. The molecule has 4 rings (SSSR count). The zero-order valence-corrected chi connectivity index (χ0v) is 17.2. The van der Waals surface area contributed by atoms with Crippen molar-refractivity contribution in [2.45, 2.75) is 13.2 Å². The predicted octanol–water partition coefficient (Wildman–Crippen LogP) is 5.86. The summed E-state index contributed by atoms with van der Waals surface area (Å²) < 4.78 is 44.1. The van der Waals surface area contributed by atoms with Gasteiger partial charge in [-0.3, -0.25) is 0 Å². The van der Waals surface area contributed by atoms with E-state index in [0.717, 1.165) is 16.6 Å². The van der Waals surface area contributed by atoms with Crippen molar-refractivity contribution < 1.29 is 23.0 Å². The van der Waals surface area contributed by atoms with E-state index in [1.165, 1.54) is 6.07 Å². The number of rotatable bonds is 9. The first kappa shape index (κ1) is 20.9. The van der Waals surface area contributed by atoms with Crippen LogP contribution >= 0.6 is 11.6 Å². The number of fused-ring (bicyclic) bond motifs is 1. The quantitative estimate of drug-likeness (QED) is 0.351. The van der Waals surface area contributed by atoms with Crippen molar-refractivity contribution in [1.29, 1.82) is 0 Å². The van der Waals surface area contributed by atoms with Crippen molar-refractivity contribution in [1.82, 2.24) is 9.97 Å². The second-order valence-corrected chi connectivity index (χ2v) is 7.08. The van der Waals surface area contributed by atoms with Crippen molar-refractivity contribution in [3.05, 3.63) is 82.9 Å². The molecule has 2 aromatic carbocycles. The molecule has 0 aliphatic rings. The molecule has 0 amide bonds. The van der Waals surface area contributed by atoms with Gasteiger partial charge in [0.05, 0.1) is 0 Å². The minimum atomic E-state index is -0.673. The molecule has 0 saturated heterocycles. The Kier molecular flexibility index (Phi) is 6.52. The third-order valence-electron chi connectivity index (χ3n) is 4.58. The number of alkyl halides is 1. The lowest BCUT2D eigenvalue weighted by Crippen LogP contribution is -2.06. The highest BCUT2D eigenvalue weighted by molar-refractivity contribution is 6.30. The lowest BCUT2D eigenvalue weighted by molar-refractivity contribution is 0.221. The van der Waals surface area contributed by atoms with Crippen molar-refractivity contribution in [3.8, 4) is 17.2 Å². The van der Waals surface area contributed by atoms with Gasteiger partial charge >= 0.3 is 0 Å². The molecule has 0 aliphatic heterocycles. The Morgan fingerprint density at radius 3 is 2.45 bits per heavy atom. The van der Waals surface area contributed by atoms with Crippen LogP contribution in [0.1, 0.15) is 11.1 Å². The number of benzene rings is 2. The Balaban J connectivity index is 1.54. The summed E-state index contributed by atoms with van der Waals surface area (Å²) in [5.41, 5.74) is 2.00. The van der Waals surface area contributed by atoms with Gasteiger partial charge in [-0.25, -0.2) is 13.8 Å². The van der Waals surface area contributed by atoms with Crippen LogP contribution in [-0.2, 0) is 13.2 Å². The van der Waals surface area contributed by atoms with Gasteiger partial charge in [-0.1, -0.05) is 23.7 Å². The van der Waals surface area contributed by atoms with Crippen LogP contribution in [0.15, 0.2) is 60.9 Å². The summed E-state index contributed by atoms with van der Waals surface area (Å²) in [6, 6.07) is 13.2. The molecule has 0 bridgehead atoms. The summed E-state index contributed by atoms with van der Waals surface area (Å²) in [4.78, 5) is 7.35. The molecule has 8 heteroatoms. The van der Waals surface area contributed by atoms with E-state index in [2.05, 4.69) is 9.97 Å². The molecule has 5 nitrogen and oxygen atoms in total. The number of nitrogens with zero attached hydrogens (tertiary/aromatic N) is 1. The Bertz CT molecular complexity index is 1180. The van der Waals surface area contributed by atoms with Crippen LogP contribution in [0.2, 0.25) is 5.02 Å². The average Bonchev–Trinajstić information content (AvgIpc) is 3.19. The van der Waals surface area contributed by atoms with E-state index in [1.54, 1.807) is 36.5 Å². The number of pyridine rings is 1. The molecule has 1 N–H and O–H groups in total. The lowest BCUT2D eigenvalue weighted by Gasteiger charge is -2.16. The van der Waals surface area contributed by atoms with Crippen molar-refractivity contribution in [3.63, 3.8) is 0 Å². The van der Waals surface area contributed by atoms with Crippen molar-refractivity contribution >= 4 is 22.6 Å². The zero-order valence-electron chi connectivity index (χ0n) is 16.4. The van der Waals surface area contributed by atoms with Crippen LogP contribution in [0.5, 0.6) is 17.2 Å². The SMILES string of the molecule is FCCOc1c(OCc2ccc(Cl)cc2F)cccc1OCc1c[nH]c2ncccc12. The lowest BCUT2D eigenvalue weighted by atomic mass is 10.2. The molecule has 31 heavy (non-hydrogen) atoms. The monoisotopic (exact) mass is 444 g/mol. The molecule has 0 radical (unpaired) electrons. The first-order chi connectivity index (χ1) is 15.2. The van der Waals surface area contributed by atoms with Gasteiger partial charge in [-0.2, -0.15) is 0 Å². The second kappa shape index (κ2) is 9.66. The fourth-order valence-corrected chi connectivity index (χ4v) is 3.25. The molecule has 4 aromatic rings. The highest BCUT2D eigenvalue weighted by Crippen LogP contribution is 2.38. The van der Waals surface area contributed by atoms with E-state index in [9.17, 15) is 8.78 Å². The van der Waals surface area contributed by atoms with E-state index in [1.807, 2.05) is 18.3 Å². The summed E-state index contributed by atoms with van der Waals surface area (Å²) >= 11 is 5.79. The van der Waals surface area contributed by atoms with Gasteiger partial charge in [0.25, 0.3) is 0 Å². The number of aromatic nitrogens is 2. The number of halogens is 3. The molecule has 0 saturated carbocycles. The number of aromatic amines is 1. The topological polar surface area (TPSA) is 56.4 Å². The van der Waals surface area contributed by atoms with E-state index in [-0.39, 0.29) is 25.6 Å². The minimum Gasteiger partial charge on any atom is -0.485 e. The molecular weight excluding hydrogens is 426 g/mol. The summed E-state index contributed by atoms with van der Waals surface area (Å²) in [6.07, 6.45) is 3.53. The summed E-state index contributed by atoms with van der Waals surface area (Å²) in [5, 5.41) is 1.25. The fourth-order valence-electron chi connectivity index (χ4n) is 3.09. The Morgan fingerprint density at radius 2 is 1.71 bits per heavy atom. The largest absolute Gasteiger partial charge is 0.485 e. The van der Waals surface area contributed by atoms with Gasteiger partial charge in [-0.15, -0.1) is 0 Å². The van der Waals surface area contributed by atoms with Gasteiger partial charge < -0.3 is 19.2 Å². The van der Waals surface area contributed by atoms with Gasteiger partial charge in [0.15, 0.2) is 11.5 Å². The fraction of sp³-hybridized carbons (Fsp3) is 0.174. The normalized spacial score (nSPS) is 10.9. The maximum absolute atomic E-state index is 14.1. The second-order valence-electron chi connectivity index (χ2n) is 6.65. The number of hydrogen-bond donors (Lipinski definition) is 1. The van der Waals surface area contributed by atoms with Gasteiger partial charge in [0, 0.05) is 33.9 Å². The summed E-state index contributed by atoms with van der Waals surface area (Å²) in [5.74, 6) is 0.494. The van der Waals surface area contributed by atoms with Crippen LogP contribution < -0.4 is 14.2 Å². The van der Waals surface area contributed by atoms with Crippen LogP contribution in [0, 0.1) is 5.82 Å². The molecule has 0 unspecified atom stereocenters. The van der Waals surface area contributed by atoms with Crippen LogP contribution in [-0.4, -0.2) is 23.2 Å². The van der Waals surface area contributed by atoms with E-state index < -0.39 is 12.5 Å². The molecule has 2 aromatic heterocycles. The van der Waals surface area contributed by atoms with E-state index in [4.69, 9.17) is 25.8 Å². The molecule has 0 aliphatic carbocycles. The van der Waals surface area contributed by atoms with Crippen molar-refractivity contribution in [2.24, 2.45) is 0 Å². The van der Waals surface area contributed by atoms with Gasteiger partial charge in [0.1, 0.15) is 38.0 Å². The third-order valence-corrected chi connectivity index (χ3v) is 4.82. The smallest absolute Gasteiger partial charge is 0.203 e. The molecule has 0 fully saturated rings. The Hall–Kier alpha value is -3.32. The minimum absolute atomic E-state index is 0.0490. The Labute approximate surface area is 182 Å². The number of para-hydroxylation sites is 1. The predicted molar refractivity (Wildman–Crippen MR) is 114 cm³/mol. The molecule has 0 spiro atoms. The highest BCUT2D eigenvalue weighted by atomic mass is 35.5. The number of hydrogen-bond acceptors (Lipinski definition) is 4. The maximum Gasteiger partial charge on any atom is 0.203 e. The molecule has 160 valence electrons. The standard InChI is InChI=1S/C23H19ClF2N2O3/c24-17-7-6-15(19(26)11-17)13-30-20-4-1-5-21(22(20)29-10-8-25)31-14-16-12-28-23-18(16)3-2-9-27-23/h1-7,9,11-12H,8,10,13-14H2,(H,27,28).